The lowest BCUT2D eigenvalue weighted by atomic mass is 9.97. The number of fused-ring (bicyclic) bond motifs is 2. The normalized spacial score (nSPS) is 17.5. The Kier molecular flexibility index (Phi) is 8.35. The fourth-order valence-corrected chi connectivity index (χ4v) is 7.37. The fraction of sp³-hybridized carbons (Fsp3) is 0.355. The second kappa shape index (κ2) is 12.1. The third-order valence-electron chi connectivity index (χ3n) is 8.22. The number of hydrogen-bond donors (Lipinski definition) is 3. The molecule has 3 aromatic carbocycles. The molecule has 6 rings (SSSR count). The van der Waals surface area contributed by atoms with Crippen LogP contribution in [0.4, 0.5) is 20.4 Å². The number of aliphatic hydroxyl groups excluding tert-OH is 1. The lowest BCUT2D eigenvalue weighted by Gasteiger charge is -2.31. The van der Waals surface area contributed by atoms with Crippen LogP contribution in [0.2, 0.25) is 5.02 Å². The topological polar surface area (TPSA) is 117 Å². The Morgan fingerprint density at radius 1 is 1.14 bits per heavy atom. The zero-order valence-electron chi connectivity index (χ0n) is 24.2. The maximum absolute atomic E-state index is 16.0. The number of piperidine rings is 1. The molecular formula is C31H32ClF2N5O4S. The van der Waals surface area contributed by atoms with Crippen LogP contribution < -0.4 is 14.8 Å². The molecule has 3 N–H and O–H groups in total. The van der Waals surface area contributed by atoms with Gasteiger partial charge in [-0.05, 0) is 73.3 Å². The van der Waals surface area contributed by atoms with Gasteiger partial charge in [0.25, 0.3) is 10.0 Å². The van der Waals surface area contributed by atoms with E-state index in [9.17, 15) is 13.5 Å². The third-order valence-corrected chi connectivity index (χ3v) is 9.81. The van der Waals surface area contributed by atoms with Crippen LogP contribution in [-0.4, -0.2) is 60.7 Å². The van der Waals surface area contributed by atoms with Gasteiger partial charge >= 0.3 is 0 Å². The first-order chi connectivity index (χ1) is 21.1. The first-order valence-electron chi connectivity index (χ1n) is 14.5. The molecule has 2 aliphatic heterocycles. The summed E-state index contributed by atoms with van der Waals surface area (Å²) in [5.74, 6) is -1.51. The first kappa shape index (κ1) is 30.4. The van der Waals surface area contributed by atoms with Crippen molar-refractivity contribution < 1.29 is 27.0 Å². The average molecular weight is 644 g/mol. The Labute approximate surface area is 259 Å². The number of halogens is 3. The standard InChI is InChI=1S/C31H32ClF2N5O4S/c1-3-17-11-18(12-19-15-35-31(37-29(17)19)36-21-7-9-39(4-2)10-8-21)27-23(33)5-6-24(28(27)34)38-44(41,42)26-14-20(32)13-22-25(40)16-43-30(22)26/h5-6,11-15,21,25,38,40H,3-4,7-10,16H2,1-2H3,(H,35,36,37). The first-order valence-corrected chi connectivity index (χ1v) is 16.4. The number of likely N-dealkylation sites (tertiary alicyclic amines) is 1. The molecule has 0 saturated carbocycles. The van der Waals surface area contributed by atoms with Crippen LogP contribution in [0, 0.1) is 11.6 Å². The quantitative estimate of drug-likeness (QED) is 0.217. The minimum atomic E-state index is -4.45. The highest BCUT2D eigenvalue weighted by atomic mass is 35.5. The lowest BCUT2D eigenvalue weighted by molar-refractivity contribution is 0.140. The van der Waals surface area contributed by atoms with Crippen LogP contribution in [-0.2, 0) is 16.4 Å². The van der Waals surface area contributed by atoms with Gasteiger partial charge in [-0.25, -0.2) is 27.2 Å². The summed E-state index contributed by atoms with van der Waals surface area (Å²) in [6, 6.07) is 8.10. The molecule has 1 saturated heterocycles. The number of sulfonamides is 1. The van der Waals surface area contributed by atoms with Crippen molar-refractivity contribution in [2.24, 2.45) is 0 Å². The van der Waals surface area contributed by atoms with Crippen molar-refractivity contribution in [1.29, 1.82) is 0 Å². The molecule has 0 radical (unpaired) electrons. The molecule has 232 valence electrons. The largest absolute Gasteiger partial charge is 0.489 e. The Bertz CT molecular complexity index is 1850. The number of ether oxygens (including phenoxy) is 1. The van der Waals surface area contributed by atoms with E-state index in [0.29, 0.717) is 23.3 Å². The Balaban J connectivity index is 1.33. The number of aliphatic hydroxyl groups is 1. The average Bonchev–Trinajstić information content (AvgIpc) is 3.38. The van der Waals surface area contributed by atoms with E-state index in [1.165, 1.54) is 6.07 Å². The Morgan fingerprint density at radius 3 is 2.64 bits per heavy atom. The van der Waals surface area contributed by atoms with Crippen molar-refractivity contribution >= 4 is 44.2 Å². The molecule has 2 aliphatic rings. The molecular weight excluding hydrogens is 612 g/mol. The summed E-state index contributed by atoms with van der Waals surface area (Å²) in [6.45, 7) is 6.98. The smallest absolute Gasteiger partial charge is 0.265 e. The molecule has 13 heteroatoms. The maximum atomic E-state index is 16.0. The number of aromatic nitrogens is 2. The van der Waals surface area contributed by atoms with Gasteiger partial charge in [-0.2, -0.15) is 0 Å². The zero-order valence-corrected chi connectivity index (χ0v) is 25.8. The van der Waals surface area contributed by atoms with E-state index in [2.05, 4.69) is 26.8 Å². The van der Waals surface area contributed by atoms with Crippen molar-refractivity contribution in [3.63, 3.8) is 0 Å². The Hall–Kier alpha value is -3.58. The summed E-state index contributed by atoms with van der Waals surface area (Å²) in [5.41, 5.74) is 1.01. The SMILES string of the molecule is CCc1cc(-c2c(F)ccc(NS(=O)(=O)c3cc(Cl)cc4c3OCC4O)c2F)cc2cnc(NC3CCN(CC)CC3)nc12. The molecule has 1 unspecified atom stereocenters. The van der Waals surface area contributed by atoms with Gasteiger partial charge in [-0.15, -0.1) is 0 Å². The molecule has 0 amide bonds. The summed E-state index contributed by atoms with van der Waals surface area (Å²) < 4.78 is 65.6. The highest BCUT2D eigenvalue weighted by molar-refractivity contribution is 7.92. The van der Waals surface area contributed by atoms with Crippen LogP contribution in [0.15, 0.2) is 47.5 Å². The molecule has 9 nitrogen and oxygen atoms in total. The van der Waals surface area contributed by atoms with E-state index in [-0.39, 0.29) is 39.4 Å². The molecule has 3 heterocycles. The number of anilines is 2. The van der Waals surface area contributed by atoms with E-state index in [1.807, 2.05) is 6.92 Å². The van der Waals surface area contributed by atoms with Crippen LogP contribution >= 0.6 is 11.6 Å². The number of benzene rings is 3. The van der Waals surface area contributed by atoms with Gasteiger partial charge in [0.1, 0.15) is 29.2 Å². The van der Waals surface area contributed by atoms with Gasteiger partial charge in [-0.3, -0.25) is 4.72 Å². The van der Waals surface area contributed by atoms with E-state index >= 15 is 8.78 Å². The van der Waals surface area contributed by atoms with Crippen LogP contribution in [0.1, 0.15) is 43.9 Å². The monoisotopic (exact) mass is 643 g/mol. The van der Waals surface area contributed by atoms with Gasteiger partial charge in [0, 0.05) is 41.3 Å². The zero-order chi connectivity index (χ0) is 31.2. The number of nitrogens with zero attached hydrogens (tertiary/aromatic N) is 3. The van der Waals surface area contributed by atoms with Gasteiger partial charge in [0.15, 0.2) is 5.82 Å². The van der Waals surface area contributed by atoms with Crippen molar-refractivity contribution in [3.8, 4) is 16.9 Å². The molecule has 0 bridgehead atoms. The highest BCUT2D eigenvalue weighted by Gasteiger charge is 2.32. The van der Waals surface area contributed by atoms with E-state index < -0.39 is 39.0 Å². The predicted molar refractivity (Wildman–Crippen MR) is 166 cm³/mol. The summed E-state index contributed by atoms with van der Waals surface area (Å²) in [4.78, 5) is 11.3. The molecule has 1 atom stereocenters. The summed E-state index contributed by atoms with van der Waals surface area (Å²) >= 11 is 6.11. The molecule has 1 fully saturated rings. The van der Waals surface area contributed by atoms with Gasteiger partial charge in [0.05, 0.1) is 16.8 Å². The molecule has 4 aromatic rings. The fourth-order valence-electron chi connectivity index (χ4n) is 5.82. The number of aryl methyl sites for hydroxylation is 1. The summed E-state index contributed by atoms with van der Waals surface area (Å²) in [6.07, 6.45) is 3.09. The van der Waals surface area contributed by atoms with Crippen molar-refractivity contribution in [2.75, 3.05) is 36.3 Å². The van der Waals surface area contributed by atoms with Crippen LogP contribution in [0.3, 0.4) is 0 Å². The van der Waals surface area contributed by atoms with E-state index in [0.717, 1.165) is 56.2 Å². The third kappa shape index (κ3) is 5.79. The van der Waals surface area contributed by atoms with Crippen molar-refractivity contribution in [2.45, 2.75) is 50.2 Å². The number of nitrogens with one attached hydrogen (secondary N) is 2. The van der Waals surface area contributed by atoms with E-state index in [1.54, 1.807) is 18.3 Å². The summed E-state index contributed by atoms with van der Waals surface area (Å²) in [7, 11) is -4.45. The van der Waals surface area contributed by atoms with E-state index in [4.69, 9.17) is 21.3 Å². The minimum absolute atomic E-state index is 0.0552. The second-order valence-electron chi connectivity index (χ2n) is 11.0. The molecule has 0 spiro atoms. The maximum Gasteiger partial charge on any atom is 0.265 e. The van der Waals surface area contributed by atoms with Gasteiger partial charge < -0.3 is 20.1 Å². The highest BCUT2D eigenvalue weighted by Crippen LogP contribution is 2.41. The molecule has 1 aromatic heterocycles. The van der Waals surface area contributed by atoms with Gasteiger partial charge in [0.2, 0.25) is 5.95 Å². The second-order valence-corrected chi connectivity index (χ2v) is 13.1. The molecule has 44 heavy (non-hydrogen) atoms. The predicted octanol–water partition coefficient (Wildman–Crippen LogP) is 5.91. The Morgan fingerprint density at radius 2 is 1.91 bits per heavy atom. The lowest BCUT2D eigenvalue weighted by Crippen LogP contribution is -2.39. The number of rotatable bonds is 8. The van der Waals surface area contributed by atoms with Gasteiger partial charge in [-0.1, -0.05) is 25.4 Å². The number of hydrogen-bond acceptors (Lipinski definition) is 8. The van der Waals surface area contributed by atoms with Crippen LogP contribution in [0.5, 0.6) is 5.75 Å². The van der Waals surface area contributed by atoms with Crippen LogP contribution in [0.25, 0.3) is 22.0 Å². The minimum Gasteiger partial charge on any atom is -0.489 e. The summed E-state index contributed by atoms with van der Waals surface area (Å²) in [5, 5.41) is 14.2. The van der Waals surface area contributed by atoms with Crippen molar-refractivity contribution in [1.82, 2.24) is 14.9 Å². The van der Waals surface area contributed by atoms with Crippen molar-refractivity contribution in [3.05, 3.63) is 70.4 Å². The molecule has 0 aliphatic carbocycles.